The van der Waals surface area contributed by atoms with E-state index in [2.05, 4.69) is 66.5 Å². The number of unbranched alkanes of at least 4 members (excludes halogenated alkanes) is 2. The summed E-state index contributed by atoms with van der Waals surface area (Å²) < 4.78 is 40.7. The number of aliphatic hydroxyl groups is 1. The van der Waals surface area contributed by atoms with Gasteiger partial charge in [-0.3, -0.25) is 34.6 Å². The zero-order valence-corrected chi connectivity index (χ0v) is 57.0. The largest absolute Gasteiger partial charge is 0.495 e. The zero-order valence-electron chi connectivity index (χ0n) is 56.3. The fourth-order valence-corrected chi connectivity index (χ4v) is 14.4. The average Bonchev–Trinajstić information content (AvgIpc) is 1.63. The van der Waals surface area contributed by atoms with Crippen molar-refractivity contribution in [1.82, 2.24) is 21.3 Å². The molecule has 3 heterocycles. The van der Waals surface area contributed by atoms with Crippen molar-refractivity contribution in [3.05, 3.63) is 64.7 Å². The highest BCUT2D eigenvalue weighted by atomic mass is 35.5. The van der Waals surface area contributed by atoms with Crippen LogP contribution in [0.3, 0.4) is 0 Å². The molecule has 2 aromatic rings. The van der Waals surface area contributed by atoms with Crippen LogP contribution in [0.15, 0.2) is 54.1 Å². The second-order valence-corrected chi connectivity index (χ2v) is 27.5. The molecule has 6 unspecified atom stereocenters. The number of amides is 8. The molecule has 0 aromatic heterocycles. The molecule has 93 heavy (non-hydrogen) atoms. The fraction of sp³-hybridized carbons (Fsp3) is 0.647. The molecule has 9 N–H and O–H groups in total. The molecule has 2 saturated heterocycles. The molecule has 24 nitrogen and oxygen atoms in total. The van der Waals surface area contributed by atoms with E-state index in [1.807, 2.05) is 13.0 Å². The summed E-state index contributed by atoms with van der Waals surface area (Å²) in [6.45, 7) is 19.1. The second-order valence-electron chi connectivity index (χ2n) is 27.1. The van der Waals surface area contributed by atoms with Crippen LogP contribution in [0.2, 0.25) is 5.02 Å². The lowest BCUT2D eigenvalue weighted by atomic mass is 9.49. The van der Waals surface area contributed by atoms with Crippen LogP contribution in [-0.4, -0.2) is 142 Å². The molecule has 4 fully saturated rings. The van der Waals surface area contributed by atoms with Gasteiger partial charge in [0.1, 0.15) is 52.5 Å². The Balaban J connectivity index is 0.982. The van der Waals surface area contributed by atoms with Gasteiger partial charge in [0, 0.05) is 51.7 Å². The number of esters is 1. The molecule has 514 valence electrons. The molecule has 4 bridgehead atoms. The molecular weight excluding hydrogens is 1220 g/mol. The maximum absolute atomic E-state index is 14.4. The number of anilines is 3. The van der Waals surface area contributed by atoms with E-state index in [4.69, 9.17) is 50.5 Å². The van der Waals surface area contributed by atoms with Crippen molar-refractivity contribution >= 4 is 76.5 Å². The van der Waals surface area contributed by atoms with E-state index in [-0.39, 0.29) is 102 Å². The number of carbonyl (C=O) groups excluding carboxylic acids is 8. The van der Waals surface area contributed by atoms with Crippen LogP contribution in [-0.2, 0) is 54.1 Å². The van der Waals surface area contributed by atoms with Gasteiger partial charge in [0.05, 0.1) is 50.6 Å². The van der Waals surface area contributed by atoms with Crippen LogP contribution in [0.4, 0.5) is 31.4 Å². The first-order valence-electron chi connectivity index (χ1n) is 32.6. The number of alkyl carbamates (subject to hydrolysis) is 1. The molecule has 5 aliphatic rings. The Morgan fingerprint density at radius 1 is 0.914 bits per heavy atom. The molecule has 14 atom stereocenters. The van der Waals surface area contributed by atoms with Crippen molar-refractivity contribution in [2.75, 3.05) is 57.1 Å². The van der Waals surface area contributed by atoms with E-state index in [1.165, 1.54) is 57.9 Å². The summed E-state index contributed by atoms with van der Waals surface area (Å²) in [4.78, 5) is 109. The van der Waals surface area contributed by atoms with E-state index < -0.39 is 90.2 Å². The Morgan fingerprint density at radius 3 is 2.30 bits per heavy atom. The fourth-order valence-electron chi connectivity index (χ4n) is 14.1. The Kier molecular flexibility index (Phi) is 24.7. The van der Waals surface area contributed by atoms with Crippen molar-refractivity contribution in [3.63, 3.8) is 0 Å². The number of epoxide rings is 1. The number of nitrogens with one attached hydrogen (secondary N) is 6. The number of methoxy groups -OCH3 is 3. The number of carbonyl (C=O) groups is 8. The molecule has 2 aliphatic carbocycles. The number of nitrogens with two attached hydrogens (primary N) is 1. The van der Waals surface area contributed by atoms with Gasteiger partial charge in [0.25, 0.3) is 0 Å². The van der Waals surface area contributed by atoms with E-state index >= 15 is 0 Å². The zero-order chi connectivity index (χ0) is 68.3. The minimum Gasteiger partial charge on any atom is -0.495 e. The van der Waals surface area contributed by atoms with Gasteiger partial charge in [-0.15, -0.1) is 0 Å². The van der Waals surface area contributed by atoms with Gasteiger partial charge in [-0.05, 0) is 136 Å². The lowest BCUT2D eigenvalue weighted by Crippen LogP contribution is -2.62. The normalized spacial score (nSPS) is 30.1. The maximum Gasteiger partial charge on any atom is 0.412 e. The number of rotatable bonds is 24. The first-order chi connectivity index (χ1) is 43.9. The van der Waals surface area contributed by atoms with E-state index in [1.54, 1.807) is 45.1 Å². The minimum absolute atomic E-state index is 0.0360. The summed E-state index contributed by atoms with van der Waals surface area (Å²) in [6.07, 6.45) is 5.22. The third-order valence-corrected chi connectivity index (χ3v) is 20.8. The summed E-state index contributed by atoms with van der Waals surface area (Å²) in [7, 11) is 5.74. The molecule has 0 radical (unpaired) electrons. The summed E-state index contributed by atoms with van der Waals surface area (Å²) in [5.74, 6) is -0.455. The number of halogens is 1. The third-order valence-electron chi connectivity index (χ3n) is 20.4. The first kappa shape index (κ1) is 73.3. The maximum atomic E-state index is 14.4. The first-order valence-corrected chi connectivity index (χ1v) is 32.9. The molecule has 2 aromatic carbocycles. The van der Waals surface area contributed by atoms with Gasteiger partial charge in [-0.1, -0.05) is 90.3 Å². The highest BCUT2D eigenvalue weighted by Gasteiger charge is 2.63. The molecular formula is C68H99ClN8O16. The standard InChI is InChI=1S/C68H99ClN8O16/c1-14-65(7)35-43(36-66(65,8)46-29-40(5)41(46)6)61(82)90-27-17-15-16-23-55(78)75-58(38(2)3)60(81)73-48(21-19-26-71-62(70)83)59(80)72-44-24-25-47(50(32-44)87-11)74-63(84)92-53-34-56(79)77(10)49-30-42(31-51(88-12)57(49)69)28-39(4)20-18-22-52(89-13)68(86)37-45(91-64(85)76-68)33-54-67(53,9)93-54/h18,20,22,24-25,30-32,38,40-41,43,45-46,48,52-54,58,86H,14-17,19,21,23,26-29,33-37H2,1-13H3,(H,72,80)(H,73,81)(H,74,84)(H,75,78)(H,76,85)(H3,70,71,83)/b22-18+,39-20+/t40?,41?,43?,45-,46?,48+,52-,53+,54+,58+,65?,66?,67+,68+/m1/s1. The van der Waals surface area contributed by atoms with Crippen LogP contribution >= 0.6 is 11.6 Å². The lowest BCUT2D eigenvalue weighted by molar-refractivity contribution is -0.149. The number of nitrogens with zero attached hydrogens (tertiary/aromatic N) is 1. The number of benzene rings is 2. The lowest BCUT2D eigenvalue weighted by Gasteiger charge is -2.56. The van der Waals surface area contributed by atoms with Crippen molar-refractivity contribution < 1.29 is 76.6 Å². The highest BCUT2D eigenvalue weighted by molar-refractivity contribution is 6.35. The van der Waals surface area contributed by atoms with Crippen LogP contribution in [0.25, 0.3) is 0 Å². The van der Waals surface area contributed by atoms with Gasteiger partial charge >= 0.3 is 24.2 Å². The number of fused-ring (bicyclic) bond motifs is 5. The van der Waals surface area contributed by atoms with Crippen molar-refractivity contribution in [2.24, 2.45) is 46.2 Å². The predicted octanol–water partition coefficient (Wildman–Crippen LogP) is 9.38. The Hall–Kier alpha value is -7.15. The van der Waals surface area contributed by atoms with Crippen molar-refractivity contribution in [3.8, 4) is 11.5 Å². The summed E-state index contributed by atoms with van der Waals surface area (Å²) in [6, 6.07) is 4.90. The van der Waals surface area contributed by atoms with Crippen molar-refractivity contribution in [2.45, 2.75) is 200 Å². The average molecular weight is 1320 g/mol. The second kappa shape index (κ2) is 31.4. The number of urea groups is 1. The third kappa shape index (κ3) is 17.8. The molecule has 8 amide bonds. The summed E-state index contributed by atoms with van der Waals surface area (Å²) in [5.41, 5.74) is 4.48. The Labute approximate surface area is 551 Å². The van der Waals surface area contributed by atoms with Crippen molar-refractivity contribution in [1.29, 1.82) is 0 Å². The summed E-state index contributed by atoms with van der Waals surface area (Å²) in [5, 5.41) is 28.1. The molecule has 7 rings (SSSR count). The van der Waals surface area contributed by atoms with E-state index in [0.29, 0.717) is 54.9 Å². The van der Waals surface area contributed by atoms with Crippen LogP contribution in [0.1, 0.15) is 151 Å². The Morgan fingerprint density at radius 2 is 1.65 bits per heavy atom. The van der Waals surface area contributed by atoms with Gasteiger partial charge < -0.3 is 70.2 Å². The van der Waals surface area contributed by atoms with Crippen LogP contribution in [0.5, 0.6) is 11.5 Å². The predicted molar refractivity (Wildman–Crippen MR) is 350 cm³/mol. The number of ether oxygens (including phenoxy) is 7. The molecule has 0 spiro atoms. The molecule has 3 aliphatic heterocycles. The smallest absolute Gasteiger partial charge is 0.412 e. The monoisotopic (exact) mass is 1320 g/mol. The number of hydrogen-bond acceptors (Lipinski definition) is 16. The minimum atomic E-state index is -1.89. The summed E-state index contributed by atoms with van der Waals surface area (Å²) >= 11 is 6.85. The van der Waals surface area contributed by atoms with E-state index in [9.17, 15) is 43.5 Å². The highest BCUT2D eigenvalue weighted by Crippen LogP contribution is 2.66. The topological polar surface area (TPSA) is 326 Å². The van der Waals surface area contributed by atoms with E-state index in [0.717, 1.165) is 30.4 Å². The van der Waals surface area contributed by atoms with Crippen LogP contribution in [0, 0.1) is 40.4 Å². The van der Waals surface area contributed by atoms with Gasteiger partial charge in [-0.2, -0.15) is 0 Å². The molecule has 2 saturated carbocycles. The van der Waals surface area contributed by atoms with Gasteiger partial charge in [0.2, 0.25) is 23.6 Å². The number of hydrogen-bond donors (Lipinski definition) is 8. The number of primary amides is 1. The quantitative estimate of drug-likeness (QED) is 0.0210. The number of allylic oxidation sites excluding steroid dienone is 3. The SMILES string of the molecule is CCC1(C)CC(C(=O)OCCCCCC(=O)N[C@H](C(=O)N[C@@H](CCCNC(N)=O)C(=O)Nc2ccc(NC(=O)O[C@H]3CC(=O)N(C)c4cc(cc(OC)c4Cl)C/C(C)=C/C=C/[C@@H](OC)[C@@]4(O)C[C@@H](C[C@@H]5O[C@@]35C)OC(=O)N4)c(OC)c2)C(C)C)CC1(C)C1CC(C)C1C. The van der Waals surface area contributed by atoms with Gasteiger partial charge in [-0.25, -0.2) is 14.4 Å². The van der Waals surface area contributed by atoms with Gasteiger partial charge in [0.15, 0.2) is 5.72 Å². The Bertz CT molecular complexity index is 3130. The molecule has 25 heteroatoms. The van der Waals surface area contributed by atoms with Crippen LogP contribution < -0.4 is 52.0 Å².